The summed E-state index contributed by atoms with van der Waals surface area (Å²) >= 11 is 0. The van der Waals surface area contributed by atoms with Crippen LogP contribution in [0.3, 0.4) is 0 Å². The minimum Gasteiger partial charge on any atom is -0.478 e. The lowest BCUT2D eigenvalue weighted by Crippen LogP contribution is -1.97. The van der Waals surface area contributed by atoms with Crippen LogP contribution < -0.4 is 0 Å². The third kappa shape index (κ3) is 1.89. The van der Waals surface area contributed by atoms with Crippen molar-refractivity contribution in [2.45, 2.75) is 0 Å². The zero-order chi connectivity index (χ0) is 14.1. The van der Waals surface area contributed by atoms with Gasteiger partial charge in [-0.25, -0.2) is 4.79 Å². The molecule has 0 radical (unpaired) electrons. The lowest BCUT2D eigenvalue weighted by atomic mass is 10.0. The molecule has 2 N–H and O–H groups in total. The van der Waals surface area contributed by atoms with Crippen LogP contribution in [0.1, 0.15) is 15.9 Å². The molecule has 0 aliphatic rings. The zero-order valence-electron chi connectivity index (χ0n) is 10.3. The highest BCUT2D eigenvalue weighted by atomic mass is 16.4. The molecule has 1 aromatic carbocycles. The summed E-state index contributed by atoms with van der Waals surface area (Å²) in [5, 5.41) is 19.1. The fourth-order valence-electron chi connectivity index (χ4n) is 2.13. The summed E-state index contributed by atoms with van der Waals surface area (Å²) < 4.78 is 0. The Morgan fingerprint density at radius 3 is 2.90 bits per heavy atom. The van der Waals surface area contributed by atoms with Gasteiger partial charge >= 0.3 is 5.97 Å². The Morgan fingerprint density at radius 2 is 2.15 bits per heavy atom. The predicted octanol–water partition coefficient (Wildman–Crippen LogP) is 2.80. The molecule has 2 aromatic heterocycles. The van der Waals surface area contributed by atoms with E-state index in [0.29, 0.717) is 11.3 Å². The van der Waals surface area contributed by atoms with Gasteiger partial charge in [-0.3, -0.25) is 4.98 Å². The van der Waals surface area contributed by atoms with E-state index in [1.165, 1.54) is 18.3 Å². The van der Waals surface area contributed by atoms with Crippen molar-refractivity contribution in [1.82, 2.24) is 9.97 Å². The molecule has 2 heterocycles. The molecule has 5 heteroatoms. The van der Waals surface area contributed by atoms with E-state index in [2.05, 4.69) is 16.0 Å². The molecule has 0 unspecified atom stereocenters. The number of benzene rings is 1. The lowest BCUT2D eigenvalue weighted by Gasteiger charge is -2.04. The Hall–Kier alpha value is -3.13. The number of nitrogens with zero attached hydrogens (tertiary/aromatic N) is 2. The van der Waals surface area contributed by atoms with Crippen LogP contribution in [0.2, 0.25) is 0 Å². The Kier molecular flexibility index (Phi) is 2.70. The molecule has 0 atom stereocenters. The first-order valence-electron chi connectivity index (χ1n) is 5.90. The van der Waals surface area contributed by atoms with Gasteiger partial charge in [0.25, 0.3) is 0 Å². The SMILES string of the molecule is N#Cc1cc(-c2cc(C(=O)O)ccn2)cc2cc[nH]c12. The largest absolute Gasteiger partial charge is 0.478 e. The van der Waals surface area contributed by atoms with Crippen molar-refractivity contribution in [3.8, 4) is 17.3 Å². The van der Waals surface area contributed by atoms with Crippen molar-refractivity contribution >= 4 is 16.9 Å². The second-order valence-corrected chi connectivity index (χ2v) is 4.31. The Balaban J connectivity index is 2.22. The first-order valence-corrected chi connectivity index (χ1v) is 5.90. The summed E-state index contributed by atoms with van der Waals surface area (Å²) in [6, 6.07) is 10.5. The van der Waals surface area contributed by atoms with E-state index in [-0.39, 0.29) is 5.56 Å². The number of aromatic carboxylic acids is 1. The van der Waals surface area contributed by atoms with Crippen molar-refractivity contribution in [2.24, 2.45) is 0 Å². The topological polar surface area (TPSA) is 89.8 Å². The highest BCUT2D eigenvalue weighted by Crippen LogP contribution is 2.26. The summed E-state index contributed by atoms with van der Waals surface area (Å²) in [5.41, 5.74) is 2.69. The molecule has 0 aliphatic heterocycles. The summed E-state index contributed by atoms with van der Waals surface area (Å²) in [5.74, 6) is -1.00. The Labute approximate surface area is 114 Å². The number of pyridine rings is 1. The molecule has 0 amide bonds. The second-order valence-electron chi connectivity index (χ2n) is 4.31. The van der Waals surface area contributed by atoms with Gasteiger partial charge in [-0.2, -0.15) is 5.26 Å². The van der Waals surface area contributed by atoms with Crippen molar-refractivity contribution in [3.63, 3.8) is 0 Å². The van der Waals surface area contributed by atoms with E-state index in [0.717, 1.165) is 16.5 Å². The number of aromatic nitrogens is 2. The van der Waals surface area contributed by atoms with E-state index >= 15 is 0 Å². The Morgan fingerprint density at radius 1 is 1.30 bits per heavy atom. The molecule has 0 saturated heterocycles. The zero-order valence-corrected chi connectivity index (χ0v) is 10.3. The predicted molar refractivity (Wildman–Crippen MR) is 73.2 cm³/mol. The van der Waals surface area contributed by atoms with Gasteiger partial charge in [0.05, 0.1) is 22.3 Å². The number of nitrogens with one attached hydrogen (secondary N) is 1. The van der Waals surface area contributed by atoms with E-state index < -0.39 is 5.97 Å². The Bertz CT molecular complexity index is 859. The van der Waals surface area contributed by atoms with Crippen LogP contribution in [0.15, 0.2) is 42.7 Å². The van der Waals surface area contributed by atoms with Gasteiger partial charge in [-0.15, -0.1) is 0 Å². The van der Waals surface area contributed by atoms with Gasteiger partial charge in [0.2, 0.25) is 0 Å². The van der Waals surface area contributed by atoms with Gasteiger partial charge in [-0.05, 0) is 30.3 Å². The quantitative estimate of drug-likeness (QED) is 0.743. The van der Waals surface area contributed by atoms with Gasteiger partial charge in [-0.1, -0.05) is 0 Å². The van der Waals surface area contributed by atoms with Gasteiger partial charge in [0.1, 0.15) is 6.07 Å². The maximum absolute atomic E-state index is 11.0. The summed E-state index contributed by atoms with van der Waals surface area (Å²) in [6.45, 7) is 0. The fraction of sp³-hybridized carbons (Fsp3) is 0. The second kappa shape index (κ2) is 4.52. The molecule has 5 nitrogen and oxygen atoms in total. The standard InChI is InChI=1S/C15H9N3O2/c16-8-12-6-11(5-9-1-4-18-14(9)12)13-7-10(15(19)20)2-3-17-13/h1-7,18H,(H,19,20). The lowest BCUT2D eigenvalue weighted by molar-refractivity contribution is 0.0697. The monoisotopic (exact) mass is 263 g/mol. The number of carboxylic acid groups (broad SMARTS) is 1. The number of hydrogen-bond donors (Lipinski definition) is 2. The van der Waals surface area contributed by atoms with Gasteiger partial charge in [0, 0.05) is 23.3 Å². The van der Waals surface area contributed by atoms with Crippen LogP contribution in [0.4, 0.5) is 0 Å². The smallest absolute Gasteiger partial charge is 0.335 e. The third-order valence-corrected chi connectivity index (χ3v) is 3.08. The van der Waals surface area contributed by atoms with Crippen LogP contribution in [0.25, 0.3) is 22.2 Å². The average Bonchev–Trinajstić information content (AvgIpc) is 2.94. The van der Waals surface area contributed by atoms with Crippen LogP contribution in [-0.2, 0) is 0 Å². The highest BCUT2D eigenvalue weighted by Gasteiger charge is 2.10. The van der Waals surface area contributed by atoms with Crippen molar-refractivity contribution in [3.05, 3.63) is 53.9 Å². The fourth-order valence-corrected chi connectivity index (χ4v) is 2.13. The summed E-state index contributed by atoms with van der Waals surface area (Å²) in [6.07, 6.45) is 3.21. The number of H-pyrrole nitrogens is 1. The third-order valence-electron chi connectivity index (χ3n) is 3.08. The van der Waals surface area contributed by atoms with E-state index in [4.69, 9.17) is 5.11 Å². The van der Waals surface area contributed by atoms with Gasteiger partial charge < -0.3 is 10.1 Å². The minimum absolute atomic E-state index is 0.169. The minimum atomic E-state index is -1.00. The molecule has 0 fully saturated rings. The molecule has 20 heavy (non-hydrogen) atoms. The van der Waals surface area contributed by atoms with E-state index in [1.807, 2.05) is 12.1 Å². The maximum atomic E-state index is 11.0. The van der Waals surface area contributed by atoms with Crippen LogP contribution >= 0.6 is 0 Å². The van der Waals surface area contributed by atoms with Crippen molar-refractivity contribution in [1.29, 1.82) is 5.26 Å². The number of aromatic amines is 1. The molecule has 3 aromatic rings. The summed E-state index contributed by atoms with van der Waals surface area (Å²) in [7, 11) is 0. The number of carboxylic acids is 1. The molecular formula is C15H9N3O2. The number of fused-ring (bicyclic) bond motifs is 1. The maximum Gasteiger partial charge on any atom is 0.335 e. The molecule has 96 valence electrons. The van der Waals surface area contributed by atoms with E-state index in [1.54, 1.807) is 12.3 Å². The van der Waals surface area contributed by atoms with Crippen molar-refractivity contribution < 1.29 is 9.90 Å². The molecule has 0 spiro atoms. The molecular weight excluding hydrogens is 254 g/mol. The average molecular weight is 263 g/mol. The molecule has 0 aliphatic carbocycles. The van der Waals surface area contributed by atoms with Crippen molar-refractivity contribution in [2.75, 3.05) is 0 Å². The molecule has 0 saturated carbocycles. The molecule has 3 rings (SSSR count). The van der Waals surface area contributed by atoms with Crippen LogP contribution in [0.5, 0.6) is 0 Å². The normalized spacial score (nSPS) is 10.3. The number of hydrogen-bond acceptors (Lipinski definition) is 3. The molecule has 0 bridgehead atoms. The number of nitriles is 1. The van der Waals surface area contributed by atoms with E-state index in [9.17, 15) is 10.1 Å². The van der Waals surface area contributed by atoms with Crippen LogP contribution in [-0.4, -0.2) is 21.0 Å². The first-order chi connectivity index (χ1) is 9.69. The number of carbonyl (C=O) groups is 1. The van der Waals surface area contributed by atoms with Gasteiger partial charge in [0.15, 0.2) is 0 Å². The number of rotatable bonds is 2. The van der Waals surface area contributed by atoms with Crippen LogP contribution in [0, 0.1) is 11.3 Å². The summed E-state index contributed by atoms with van der Waals surface area (Å²) in [4.78, 5) is 18.2. The highest BCUT2D eigenvalue weighted by molar-refractivity contribution is 5.91. The first kappa shape index (κ1) is 11.9.